The highest BCUT2D eigenvalue weighted by atomic mass is 16.1. The summed E-state index contributed by atoms with van der Waals surface area (Å²) in [5, 5.41) is 4.81. The first kappa shape index (κ1) is 13.5. The predicted octanol–water partition coefficient (Wildman–Crippen LogP) is 2.83. The molecule has 4 aromatic rings. The molecule has 0 fully saturated rings. The van der Waals surface area contributed by atoms with E-state index in [9.17, 15) is 4.79 Å². The van der Waals surface area contributed by atoms with Crippen LogP contribution in [0.15, 0.2) is 71.8 Å². The molecule has 0 unspecified atom stereocenters. The van der Waals surface area contributed by atoms with E-state index in [1.807, 2.05) is 59.4 Å². The minimum Gasteiger partial charge on any atom is -0.306 e. The van der Waals surface area contributed by atoms with Crippen molar-refractivity contribution in [2.24, 2.45) is 0 Å². The second-order valence-electron chi connectivity index (χ2n) is 5.34. The quantitative estimate of drug-likeness (QED) is 0.633. The molecule has 4 rings (SSSR count). The zero-order valence-corrected chi connectivity index (χ0v) is 12.3. The first-order chi connectivity index (χ1) is 11.3. The molecule has 2 aromatic carbocycles. The van der Waals surface area contributed by atoms with E-state index in [-0.39, 0.29) is 5.56 Å². The molecule has 0 aliphatic carbocycles. The molecule has 0 radical (unpaired) electrons. The van der Waals surface area contributed by atoms with Gasteiger partial charge < -0.3 is 4.98 Å². The van der Waals surface area contributed by atoms with Crippen molar-refractivity contribution in [3.63, 3.8) is 0 Å². The fourth-order valence-electron chi connectivity index (χ4n) is 2.62. The first-order valence-electron chi connectivity index (χ1n) is 7.35. The second-order valence-corrected chi connectivity index (χ2v) is 5.34. The third-order valence-electron chi connectivity index (χ3n) is 3.72. The lowest BCUT2D eigenvalue weighted by atomic mass is 10.1. The molecular weight excluding hydrogens is 288 g/mol. The molecule has 0 bridgehead atoms. The molecule has 0 spiro atoms. The number of fused-ring (bicyclic) bond motifs is 1. The average molecular weight is 302 g/mol. The third-order valence-corrected chi connectivity index (χ3v) is 3.72. The highest BCUT2D eigenvalue weighted by Crippen LogP contribution is 2.18. The Labute approximate surface area is 132 Å². The zero-order chi connectivity index (χ0) is 15.6. The van der Waals surface area contributed by atoms with E-state index in [0.29, 0.717) is 23.3 Å². The molecule has 2 heterocycles. The average Bonchev–Trinajstić information content (AvgIpc) is 3.08. The molecular formula is C18H14N4O. The first-order valence-corrected chi connectivity index (χ1v) is 7.35. The van der Waals surface area contributed by atoms with E-state index < -0.39 is 0 Å². The number of H-pyrrole nitrogens is 1. The Kier molecular flexibility index (Phi) is 3.24. The summed E-state index contributed by atoms with van der Waals surface area (Å²) in [6, 6.07) is 17.2. The van der Waals surface area contributed by atoms with Crippen LogP contribution < -0.4 is 5.56 Å². The molecule has 2 aromatic heterocycles. The molecule has 0 aliphatic heterocycles. The Morgan fingerprint density at radius 3 is 2.83 bits per heavy atom. The van der Waals surface area contributed by atoms with E-state index in [1.165, 1.54) is 0 Å². The van der Waals surface area contributed by atoms with Gasteiger partial charge in [-0.1, -0.05) is 30.3 Å². The van der Waals surface area contributed by atoms with Crippen LogP contribution in [0.2, 0.25) is 0 Å². The minimum atomic E-state index is -0.122. The molecule has 1 N–H and O–H groups in total. The molecule has 5 nitrogen and oxygen atoms in total. The van der Waals surface area contributed by atoms with Gasteiger partial charge in [-0.2, -0.15) is 5.10 Å². The van der Waals surface area contributed by atoms with Gasteiger partial charge in [0.1, 0.15) is 5.82 Å². The van der Waals surface area contributed by atoms with Crippen molar-refractivity contribution >= 4 is 10.9 Å². The zero-order valence-electron chi connectivity index (χ0n) is 12.3. The molecule has 0 saturated carbocycles. The molecule has 112 valence electrons. The summed E-state index contributed by atoms with van der Waals surface area (Å²) in [5.74, 6) is 0.580. The van der Waals surface area contributed by atoms with Crippen LogP contribution in [0.1, 0.15) is 5.56 Å². The van der Waals surface area contributed by atoms with Crippen molar-refractivity contribution in [1.82, 2.24) is 19.7 Å². The predicted molar refractivity (Wildman–Crippen MR) is 89.1 cm³/mol. The number of aromatic amines is 1. The molecule has 0 atom stereocenters. The normalized spacial score (nSPS) is 11.0. The van der Waals surface area contributed by atoms with Gasteiger partial charge in [0.15, 0.2) is 0 Å². The van der Waals surface area contributed by atoms with Gasteiger partial charge in [0.05, 0.1) is 17.4 Å². The maximum Gasteiger partial charge on any atom is 0.259 e. The maximum absolute atomic E-state index is 12.2. The Bertz CT molecular complexity index is 1020. The fourth-order valence-corrected chi connectivity index (χ4v) is 2.62. The summed E-state index contributed by atoms with van der Waals surface area (Å²) in [5.41, 5.74) is 2.56. The van der Waals surface area contributed by atoms with Gasteiger partial charge in [0.2, 0.25) is 0 Å². The summed E-state index contributed by atoms with van der Waals surface area (Å²) >= 11 is 0. The molecule has 0 aliphatic rings. The van der Waals surface area contributed by atoms with Crippen molar-refractivity contribution in [2.75, 3.05) is 0 Å². The summed E-state index contributed by atoms with van der Waals surface area (Å²) in [6.45, 7) is 0.679. The van der Waals surface area contributed by atoms with E-state index >= 15 is 0 Å². The number of nitrogens with zero attached hydrogens (tertiary/aromatic N) is 3. The summed E-state index contributed by atoms with van der Waals surface area (Å²) in [4.78, 5) is 19.6. The van der Waals surface area contributed by atoms with Crippen LogP contribution >= 0.6 is 0 Å². The number of benzene rings is 2. The lowest BCUT2D eigenvalue weighted by Crippen LogP contribution is -2.09. The van der Waals surface area contributed by atoms with Crippen molar-refractivity contribution in [3.05, 3.63) is 82.9 Å². The number of hydrogen-bond donors (Lipinski definition) is 1. The number of aromatic nitrogens is 4. The van der Waals surface area contributed by atoms with E-state index in [4.69, 9.17) is 0 Å². The minimum absolute atomic E-state index is 0.122. The van der Waals surface area contributed by atoms with Crippen molar-refractivity contribution in [1.29, 1.82) is 0 Å². The van der Waals surface area contributed by atoms with E-state index in [2.05, 4.69) is 15.1 Å². The number of hydrogen-bond acceptors (Lipinski definition) is 3. The highest BCUT2D eigenvalue weighted by molar-refractivity contribution is 5.79. The van der Waals surface area contributed by atoms with Crippen molar-refractivity contribution in [2.45, 2.75) is 6.54 Å². The molecule has 0 amide bonds. The van der Waals surface area contributed by atoms with Crippen LogP contribution in [0, 0.1) is 0 Å². The number of rotatable bonds is 3. The van der Waals surface area contributed by atoms with E-state index in [1.54, 1.807) is 12.3 Å². The highest BCUT2D eigenvalue weighted by Gasteiger charge is 2.06. The van der Waals surface area contributed by atoms with Crippen LogP contribution in [-0.4, -0.2) is 19.7 Å². The Balaban J connectivity index is 1.77. The van der Waals surface area contributed by atoms with Crippen LogP contribution in [-0.2, 0) is 6.54 Å². The Hall–Kier alpha value is -3.21. The smallest absolute Gasteiger partial charge is 0.259 e. The Morgan fingerprint density at radius 2 is 1.96 bits per heavy atom. The summed E-state index contributed by atoms with van der Waals surface area (Å²) in [6.07, 6.45) is 3.68. The van der Waals surface area contributed by atoms with Gasteiger partial charge in [-0.05, 0) is 29.8 Å². The number of para-hydroxylation sites is 1. The van der Waals surface area contributed by atoms with Crippen LogP contribution in [0.4, 0.5) is 0 Å². The van der Waals surface area contributed by atoms with Crippen molar-refractivity contribution < 1.29 is 0 Å². The largest absolute Gasteiger partial charge is 0.306 e. The monoisotopic (exact) mass is 302 g/mol. The van der Waals surface area contributed by atoms with Gasteiger partial charge in [-0.3, -0.25) is 9.48 Å². The van der Waals surface area contributed by atoms with Gasteiger partial charge >= 0.3 is 0 Å². The maximum atomic E-state index is 12.2. The molecule has 23 heavy (non-hydrogen) atoms. The van der Waals surface area contributed by atoms with Crippen LogP contribution in [0.25, 0.3) is 22.3 Å². The lowest BCUT2D eigenvalue weighted by Gasteiger charge is -2.06. The van der Waals surface area contributed by atoms with Gasteiger partial charge in [0, 0.05) is 18.0 Å². The molecule has 5 heteroatoms. The second kappa shape index (κ2) is 5.53. The number of nitrogens with one attached hydrogen (secondary N) is 1. The lowest BCUT2D eigenvalue weighted by molar-refractivity contribution is 0.687. The summed E-state index contributed by atoms with van der Waals surface area (Å²) < 4.78 is 1.86. The standard InChI is InChI=1S/C18H14N4O/c23-18-15-7-1-2-8-16(15)20-17(21-18)14-6-3-5-13(11-14)12-22-10-4-9-19-22/h1-11H,12H2,(H,20,21,23). The van der Waals surface area contributed by atoms with Gasteiger partial charge in [-0.25, -0.2) is 4.98 Å². The van der Waals surface area contributed by atoms with Crippen LogP contribution in [0.3, 0.4) is 0 Å². The third kappa shape index (κ3) is 2.64. The molecule has 0 saturated heterocycles. The van der Waals surface area contributed by atoms with Crippen molar-refractivity contribution in [3.8, 4) is 11.4 Å². The fraction of sp³-hybridized carbons (Fsp3) is 0.0556. The Morgan fingerprint density at radius 1 is 1.04 bits per heavy atom. The van der Waals surface area contributed by atoms with Gasteiger partial charge in [0.25, 0.3) is 5.56 Å². The van der Waals surface area contributed by atoms with E-state index in [0.717, 1.165) is 11.1 Å². The SMILES string of the molecule is O=c1[nH]c(-c2cccc(Cn3cccn3)c2)nc2ccccc12. The van der Waals surface area contributed by atoms with Gasteiger partial charge in [-0.15, -0.1) is 0 Å². The van der Waals surface area contributed by atoms with Crippen LogP contribution in [0.5, 0.6) is 0 Å². The topological polar surface area (TPSA) is 63.6 Å². The summed E-state index contributed by atoms with van der Waals surface area (Å²) in [7, 11) is 0.